The lowest BCUT2D eigenvalue weighted by Gasteiger charge is -2.40. The van der Waals surface area contributed by atoms with Crippen LogP contribution in [0.25, 0.3) is 0 Å². The molecule has 1 amide bonds. The molecule has 298 valence electrons. The zero-order chi connectivity index (χ0) is 36.5. The van der Waals surface area contributed by atoms with Crippen LogP contribution in [0.5, 0.6) is 0 Å². The number of ether oxygens (including phenoxy) is 3. The Bertz CT molecular complexity index is 744. The molecular formula is C41H82N2O7. The monoisotopic (exact) mass is 715 g/mol. The minimum absolute atomic E-state index is 0.0284. The van der Waals surface area contributed by atoms with E-state index in [0.717, 1.165) is 32.1 Å². The fourth-order valence-corrected chi connectivity index (χ4v) is 6.82. The van der Waals surface area contributed by atoms with Crippen LogP contribution in [0, 0.1) is 0 Å². The molecule has 0 bridgehead atoms. The lowest BCUT2D eigenvalue weighted by atomic mass is 9.98. The highest BCUT2D eigenvalue weighted by molar-refractivity contribution is 5.76. The van der Waals surface area contributed by atoms with Gasteiger partial charge in [0.15, 0.2) is 6.29 Å². The van der Waals surface area contributed by atoms with Crippen LogP contribution >= 0.6 is 0 Å². The molecule has 0 radical (unpaired) electrons. The molecule has 0 aromatic carbocycles. The molecule has 0 aromatic heterocycles. The highest BCUT2D eigenvalue weighted by Gasteiger charge is 2.43. The summed E-state index contributed by atoms with van der Waals surface area (Å²) in [6, 6.07) is -1.38. The van der Waals surface area contributed by atoms with Gasteiger partial charge in [0.25, 0.3) is 0 Å². The minimum Gasteiger partial charge on any atom is -0.394 e. The second-order valence-electron chi connectivity index (χ2n) is 15.0. The number of carbonyl (C=O) groups excluding carboxylic acids is 1. The van der Waals surface area contributed by atoms with Gasteiger partial charge in [-0.2, -0.15) is 0 Å². The van der Waals surface area contributed by atoms with Gasteiger partial charge in [-0.05, 0) is 12.8 Å². The van der Waals surface area contributed by atoms with Crippen molar-refractivity contribution in [3.63, 3.8) is 0 Å². The van der Waals surface area contributed by atoms with E-state index in [1.165, 1.54) is 141 Å². The molecular weight excluding hydrogens is 632 g/mol. The Morgan fingerprint density at radius 1 is 0.640 bits per heavy atom. The Labute approximate surface area is 307 Å². The normalized spacial score (nSPS) is 21.4. The molecule has 1 fully saturated rings. The van der Waals surface area contributed by atoms with Gasteiger partial charge in [-0.15, -0.1) is 0 Å². The quantitative estimate of drug-likeness (QED) is 0.0409. The first kappa shape index (κ1) is 47.2. The van der Waals surface area contributed by atoms with Crippen LogP contribution in [-0.4, -0.2) is 84.3 Å². The topological polar surface area (TPSA) is 144 Å². The van der Waals surface area contributed by atoms with Crippen LogP contribution in [0.2, 0.25) is 0 Å². The highest BCUT2D eigenvalue weighted by atomic mass is 16.7. The maximum absolute atomic E-state index is 12.9. The fourth-order valence-electron chi connectivity index (χ4n) is 6.82. The molecule has 50 heavy (non-hydrogen) atoms. The minimum atomic E-state index is -1.29. The smallest absolute Gasteiger partial charge is 0.220 e. The first-order valence-electron chi connectivity index (χ1n) is 21.3. The Hall–Kier alpha value is -0.810. The maximum atomic E-state index is 12.9. The molecule has 0 aromatic rings. The van der Waals surface area contributed by atoms with Crippen molar-refractivity contribution in [2.24, 2.45) is 5.73 Å². The summed E-state index contributed by atoms with van der Waals surface area (Å²) in [5.41, 5.74) is 6.06. The van der Waals surface area contributed by atoms with Crippen molar-refractivity contribution in [1.82, 2.24) is 5.32 Å². The molecule has 6 atom stereocenters. The van der Waals surface area contributed by atoms with Gasteiger partial charge in [-0.3, -0.25) is 4.79 Å². The van der Waals surface area contributed by atoms with Crippen molar-refractivity contribution in [3.8, 4) is 0 Å². The molecule has 1 saturated heterocycles. The summed E-state index contributed by atoms with van der Waals surface area (Å²) in [5, 5.41) is 33.0. The van der Waals surface area contributed by atoms with Gasteiger partial charge in [0.1, 0.15) is 18.3 Å². The molecule has 9 nitrogen and oxygen atoms in total. The second-order valence-corrected chi connectivity index (χ2v) is 15.0. The van der Waals surface area contributed by atoms with E-state index >= 15 is 0 Å². The summed E-state index contributed by atoms with van der Waals surface area (Å²) in [6.45, 7) is 5.08. The van der Waals surface area contributed by atoms with Gasteiger partial charge in [0.05, 0.1) is 31.9 Å². The Morgan fingerprint density at radius 2 is 1.06 bits per heavy atom. The van der Waals surface area contributed by atoms with Crippen LogP contribution in [0.4, 0.5) is 0 Å². The lowest BCUT2D eigenvalue weighted by Crippen LogP contribution is -2.63. The fraction of sp³-hybridized carbons (Fsp3) is 0.976. The second kappa shape index (κ2) is 34.0. The van der Waals surface area contributed by atoms with Crippen molar-refractivity contribution in [1.29, 1.82) is 0 Å². The SMILES string of the molecule is CCCCCCCCCCCCCCCCOC[C@H](CO[C@@H]1O[C@H](CO)[C@@H](O)[C@H](O)[C@H]1N)NC(=O)CCCCCCCCCCCCCCC. The largest absolute Gasteiger partial charge is 0.394 e. The summed E-state index contributed by atoms with van der Waals surface area (Å²) < 4.78 is 17.5. The van der Waals surface area contributed by atoms with Crippen LogP contribution in [-0.2, 0) is 19.0 Å². The first-order chi connectivity index (χ1) is 24.4. The van der Waals surface area contributed by atoms with Gasteiger partial charge < -0.3 is 40.6 Å². The standard InChI is InChI=1S/C41H82N2O7/c1-3-5-7-9-11-13-15-17-19-21-23-25-27-29-31-48-33-35(34-49-41-38(42)40(47)39(46)36(32-44)50-41)43-37(45)30-28-26-24-22-20-18-16-14-12-10-8-6-4-2/h35-36,38-41,44,46-47H,3-34,42H2,1-2H3,(H,43,45)/t35-,36-,38-,39-,40-,41-/m1/s1. The van der Waals surface area contributed by atoms with Crippen LogP contribution in [0.15, 0.2) is 0 Å². The zero-order valence-electron chi connectivity index (χ0n) is 32.6. The van der Waals surface area contributed by atoms with Crippen LogP contribution in [0.1, 0.15) is 194 Å². The number of nitrogens with one attached hydrogen (secondary N) is 1. The van der Waals surface area contributed by atoms with Crippen molar-refractivity contribution in [2.75, 3.05) is 26.4 Å². The first-order valence-corrected chi connectivity index (χ1v) is 21.3. The molecule has 6 N–H and O–H groups in total. The number of unbranched alkanes of at least 4 members (excludes halogenated alkanes) is 25. The molecule has 1 aliphatic heterocycles. The average molecular weight is 715 g/mol. The molecule has 0 aliphatic carbocycles. The number of hydrogen-bond acceptors (Lipinski definition) is 8. The van der Waals surface area contributed by atoms with E-state index in [0.29, 0.717) is 19.6 Å². The zero-order valence-corrected chi connectivity index (χ0v) is 32.6. The Balaban J connectivity index is 2.28. The van der Waals surface area contributed by atoms with Crippen molar-refractivity contribution < 1.29 is 34.3 Å². The molecule has 0 spiro atoms. The van der Waals surface area contributed by atoms with E-state index in [-0.39, 0.29) is 12.5 Å². The van der Waals surface area contributed by atoms with Gasteiger partial charge in [-0.25, -0.2) is 0 Å². The van der Waals surface area contributed by atoms with E-state index in [9.17, 15) is 20.1 Å². The molecule has 1 rings (SSSR count). The van der Waals surface area contributed by atoms with Crippen molar-refractivity contribution >= 4 is 5.91 Å². The third-order valence-electron chi connectivity index (χ3n) is 10.2. The van der Waals surface area contributed by atoms with Crippen molar-refractivity contribution in [3.05, 3.63) is 0 Å². The third kappa shape index (κ3) is 25.2. The number of aliphatic hydroxyl groups excluding tert-OH is 3. The summed E-state index contributed by atoms with van der Waals surface area (Å²) in [7, 11) is 0. The van der Waals surface area contributed by atoms with Gasteiger partial charge in [0, 0.05) is 13.0 Å². The average Bonchev–Trinajstić information content (AvgIpc) is 3.11. The van der Waals surface area contributed by atoms with E-state index in [4.69, 9.17) is 19.9 Å². The van der Waals surface area contributed by atoms with E-state index in [1.807, 2.05) is 0 Å². The van der Waals surface area contributed by atoms with E-state index in [1.54, 1.807) is 0 Å². The molecule has 0 saturated carbocycles. The summed E-state index contributed by atoms with van der Waals surface area (Å²) >= 11 is 0. The van der Waals surface area contributed by atoms with Gasteiger partial charge in [-0.1, -0.05) is 174 Å². The number of nitrogens with two attached hydrogens (primary N) is 1. The summed E-state index contributed by atoms with van der Waals surface area (Å²) in [4.78, 5) is 12.9. The van der Waals surface area contributed by atoms with E-state index < -0.39 is 43.3 Å². The molecule has 0 unspecified atom stereocenters. The summed E-state index contributed by atoms with van der Waals surface area (Å²) in [6.07, 6.45) is 30.6. The van der Waals surface area contributed by atoms with Crippen LogP contribution in [0.3, 0.4) is 0 Å². The molecule has 1 aliphatic rings. The van der Waals surface area contributed by atoms with Crippen molar-refractivity contribution in [2.45, 2.75) is 230 Å². The Kier molecular flexibility index (Phi) is 32.1. The highest BCUT2D eigenvalue weighted by Crippen LogP contribution is 2.21. The number of amides is 1. The number of rotatable bonds is 36. The third-order valence-corrected chi connectivity index (χ3v) is 10.2. The predicted octanol–water partition coefficient (Wildman–Crippen LogP) is 8.23. The van der Waals surface area contributed by atoms with Crippen LogP contribution < -0.4 is 11.1 Å². The molecule has 9 heteroatoms. The molecule has 1 heterocycles. The Morgan fingerprint density at radius 3 is 1.50 bits per heavy atom. The lowest BCUT2D eigenvalue weighted by molar-refractivity contribution is -0.267. The predicted molar refractivity (Wildman–Crippen MR) is 205 cm³/mol. The maximum Gasteiger partial charge on any atom is 0.220 e. The van der Waals surface area contributed by atoms with Gasteiger partial charge >= 0.3 is 0 Å². The van der Waals surface area contributed by atoms with E-state index in [2.05, 4.69) is 19.2 Å². The summed E-state index contributed by atoms with van der Waals surface area (Å²) in [5.74, 6) is -0.0284. The van der Waals surface area contributed by atoms with Gasteiger partial charge in [0.2, 0.25) is 5.91 Å². The number of carbonyl (C=O) groups is 1. The number of hydrogen-bond donors (Lipinski definition) is 5. The number of aliphatic hydroxyl groups is 3.